The van der Waals surface area contributed by atoms with Crippen LogP contribution in [0.25, 0.3) is 22.2 Å². The first-order chi connectivity index (χ1) is 17.1. The Morgan fingerprint density at radius 3 is 2.64 bits per heavy atom. The number of nitrogens with zero attached hydrogens (tertiary/aromatic N) is 4. The number of amides is 1. The molecule has 4 N–H and O–H groups in total. The monoisotopic (exact) mass is 505 g/mol. The molecule has 3 aromatic heterocycles. The number of anilines is 2. The molecule has 0 radical (unpaired) electrons. The van der Waals surface area contributed by atoms with Gasteiger partial charge in [-0.1, -0.05) is 25.1 Å². The fourth-order valence-corrected chi connectivity index (χ4v) is 3.85. The van der Waals surface area contributed by atoms with Gasteiger partial charge in [0.15, 0.2) is 0 Å². The average molecular weight is 506 g/mol. The fraction of sp³-hybridized carbons (Fsp3) is 0.269. The van der Waals surface area contributed by atoms with Crippen molar-refractivity contribution in [2.75, 3.05) is 37.4 Å². The Morgan fingerprint density at radius 2 is 1.89 bits per heavy atom. The van der Waals surface area contributed by atoms with Crippen LogP contribution in [0, 0.1) is 0 Å². The molecule has 188 valence electrons. The number of para-hydroxylation sites is 1. The maximum atomic E-state index is 12.3. The maximum absolute atomic E-state index is 12.3. The van der Waals surface area contributed by atoms with Crippen LogP contribution in [0.2, 0.25) is 0 Å². The van der Waals surface area contributed by atoms with Crippen LogP contribution >= 0.6 is 13.5 Å². The van der Waals surface area contributed by atoms with Gasteiger partial charge >= 0.3 is 0 Å². The van der Waals surface area contributed by atoms with Crippen molar-refractivity contribution in [3.05, 3.63) is 72.3 Å². The Hall–Kier alpha value is -3.76. The molecule has 10 heteroatoms. The number of aromatic nitrogens is 4. The molecule has 0 saturated heterocycles. The van der Waals surface area contributed by atoms with Crippen LogP contribution in [0.4, 0.5) is 11.6 Å². The summed E-state index contributed by atoms with van der Waals surface area (Å²) in [6.07, 6.45) is 5.65. The molecule has 36 heavy (non-hydrogen) atoms. The third kappa shape index (κ3) is 6.27. The Bertz CT molecular complexity index is 1300. The molecule has 0 spiro atoms. The quantitative estimate of drug-likeness (QED) is 0.241. The van der Waals surface area contributed by atoms with E-state index in [1.54, 1.807) is 25.5 Å². The number of carbonyl (C=O) groups is 1. The SMILES string of the molecule is CNC(=O)c1ccnc2c([C@H](C)CNc3cc(-c4ccc(NCCCO)nc4)ncn3)cccc12.S. The minimum absolute atomic E-state index is 0. The largest absolute Gasteiger partial charge is 0.396 e. The van der Waals surface area contributed by atoms with E-state index in [1.807, 2.05) is 36.4 Å². The standard InChI is InChI=1S/C26H29N7O2.H2S/c1-17(19-5-3-6-20-21(26(35)27-2)9-11-29-25(19)20)14-30-24-13-22(32-16-33-24)18-7-8-23(31-15-18)28-10-4-12-34;/h3,5-9,11,13,15-17,34H,4,10,12,14H2,1-2H3,(H,27,35)(H,28,31)(H,30,32,33);1H2/t17-;/m1./s1. The van der Waals surface area contributed by atoms with E-state index in [9.17, 15) is 4.79 Å². The summed E-state index contributed by atoms with van der Waals surface area (Å²) in [5.41, 5.74) is 4.15. The van der Waals surface area contributed by atoms with Gasteiger partial charge in [-0.3, -0.25) is 9.78 Å². The van der Waals surface area contributed by atoms with Crippen molar-refractivity contribution >= 4 is 41.9 Å². The predicted octanol–water partition coefficient (Wildman–Crippen LogP) is 3.57. The van der Waals surface area contributed by atoms with E-state index >= 15 is 0 Å². The topological polar surface area (TPSA) is 125 Å². The molecule has 9 nitrogen and oxygen atoms in total. The minimum Gasteiger partial charge on any atom is -0.396 e. The van der Waals surface area contributed by atoms with E-state index in [0.29, 0.717) is 30.9 Å². The van der Waals surface area contributed by atoms with Gasteiger partial charge in [0.1, 0.15) is 18.0 Å². The van der Waals surface area contributed by atoms with E-state index in [-0.39, 0.29) is 31.9 Å². The number of carbonyl (C=O) groups excluding carboxylic acids is 1. The summed E-state index contributed by atoms with van der Waals surface area (Å²) in [6, 6.07) is 13.4. The lowest BCUT2D eigenvalue weighted by molar-refractivity contribution is 0.0964. The number of nitrogens with one attached hydrogen (secondary N) is 3. The molecule has 1 atom stereocenters. The van der Waals surface area contributed by atoms with E-state index in [2.05, 4.69) is 42.8 Å². The summed E-state index contributed by atoms with van der Waals surface area (Å²) in [5, 5.41) is 19.0. The predicted molar refractivity (Wildman–Crippen MR) is 148 cm³/mol. The first-order valence-electron chi connectivity index (χ1n) is 11.6. The van der Waals surface area contributed by atoms with E-state index in [0.717, 1.165) is 33.5 Å². The fourth-order valence-electron chi connectivity index (χ4n) is 3.85. The average Bonchev–Trinajstić information content (AvgIpc) is 2.91. The molecule has 1 amide bonds. The zero-order chi connectivity index (χ0) is 24.6. The lowest BCUT2D eigenvalue weighted by Gasteiger charge is -2.16. The Kier molecular flexibility index (Phi) is 9.54. The number of hydrogen-bond acceptors (Lipinski definition) is 8. The summed E-state index contributed by atoms with van der Waals surface area (Å²) in [4.78, 5) is 30.0. The van der Waals surface area contributed by atoms with Crippen LogP contribution < -0.4 is 16.0 Å². The van der Waals surface area contributed by atoms with E-state index in [1.165, 1.54) is 6.33 Å². The molecule has 4 rings (SSSR count). The minimum atomic E-state index is -0.127. The molecular weight excluding hydrogens is 474 g/mol. The molecule has 3 heterocycles. The zero-order valence-electron chi connectivity index (χ0n) is 20.3. The maximum Gasteiger partial charge on any atom is 0.251 e. The third-order valence-electron chi connectivity index (χ3n) is 5.76. The van der Waals surface area contributed by atoms with E-state index < -0.39 is 0 Å². The van der Waals surface area contributed by atoms with Crippen LogP contribution in [0.5, 0.6) is 0 Å². The summed E-state index contributed by atoms with van der Waals surface area (Å²) in [6.45, 7) is 3.56. The summed E-state index contributed by atoms with van der Waals surface area (Å²) < 4.78 is 0. The van der Waals surface area contributed by atoms with Gasteiger partial charge in [0.2, 0.25) is 0 Å². The molecule has 0 aliphatic rings. The number of fused-ring (bicyclic) bond motifs is 1. The van der Waals surface area contributed by atoms with Crippen LogP contribution in [0.3, 0.4) is 0 Å². The van der Waals surface area contributed by atoms with Crippen molar-refractivity contribution < 1.29 is 9.90 Å². The van der Waals surface area contributed by atoms with Crippen LogP contribution in [0.15, 0.2) is 61.2 Å². The van der Waals surface area contributed by atoms with Crippen molar-refractivity contribution in [1.82, 2.24) is 25.3 Å². The molecular formula is C26H31N7O2S. The van der Waals surface area contributed by atoms with E-state index in [4.69, 9.17) is 5.11 Å². The Labute approximate surface area is 217 Å². The Morgan fingerprint density at radius 1 is 1.03 bits per heavy atom. The highest BCUT2D eigenvalue weighted by molar-refractivity contribution is 7.59. The second-order valence-electron chi connectivity index (χ2n) is 8.19. The third-order valence-corrected chi connectivity index (χ3v) is 5.76. The molecule has 4 aromatic rings. The Balaban J connectivity index is 0.00000361. The van der Waals surface area contributed by atoms with Gasteiger partial charge in [0.05, 0.1) is 16.8 Å². The lowest BCUT2D eigenvalue weighted by Crippen LogP contribution is -2.18. The highest BCUT2D eigenvalue weighted by Gasteiger charge is 2.15. The number of rotatable bonds is 10. The van der Waals surface area contributed by atoms with Crippen molar-refractivity contribution in [1.29, 1.82) is 0 Å². The van der Waals surface area contributed by atoms with Gasteiger partial charge in [0.25, 0.3) is 5.91 Å². The smallest absolute Gasteiger partial charge is 0.251 e. The highest BCUT2D eigenvalue weighted by atomic mass is 32.1. The molecule has 0 saturated carbocycles. The van der Waals surface area contributed by atoms with Gasteiger partial charge in [-0.15, -0.1) is 0 Å². The summed E-state index contributed by atoms with van der Waals surface area (Å²) in [5.74, 6) is 1.46. The zero-order valence-corrected chi connectivity index (χ0v) is 21.3. The summed E-state index contributed by atoms with van der Waals surface area (Å²) >= 11 is 0. The van der Waals surface area contributed by atoms with Gasteiger partial charge in [-0.25, -0.2) is 15.0 Å². The second kappa shape index (κ2) is 12.8. The first kappa shape index (κ1) is 26.8. The number of aliphatic hydroxyl groups excluding tert-OH is 1. The molecule has 0 unspecified atom stereocenters. The summed E-state index contributed by atoms with van der Waals surface area (Å²) in [7, 11) is 1.63. The number of hydrogen-bond donors (Lipinski definition) is 4. The normalized spacial score (nSPS) is 11.4. The van der Waals surface area contributed by atoms with Crippen LogP contribution in [-0.4, -0.2) is 57.7 Å². The van der Waals surface area contributed by atoms with Crippen molar-refractivity contribution in [2.24, 2.45) is 0 Å². The number of pyridine rings is 2. The number of aliphatic hydroxyl groups is 1. The molecule has 0 bridgehead atoms. The number of benzene rings is 1. The van der Waals surface area contributed by atoms with Crippen molar-refractivity contribution in [3.63, 3.8) is 0 Å². The first-order valence-corrected chi connectivity index (χ1v) is 11.6. The molecule has 0 aliphatic carbocycles. The van der Waals surface area contributed by atoms with Gasteiger partial charge < -0.3 is 21.1 Å². The molecule has 0 fully saturated rings. The second-order valence-corrected chi connectivity index (χ2v) is 8.19. The van der Waals surface area contributed by atoms with Gasteiger partial charge in [-0.2, -0.15) is 13.5 Å². The van der Waals surface area contributed by atoms with Gasteiger partial charge in [0, 0.05) is 62.1 Å². The molecule has 1 aromatic carbocycles. The van der Waals surface area contributed by atoms with Crippen molar-refractivity contribution in [3.8, 4) is 11.3 Å². The lowest BCUT2D eigenvalue weighted by atomic mass is 9.96. The molecule has 0 aliphatic heterocycles. The highest BCUT2D eigenvalue weighted by Crippen LogP contribution is 2.27. The van der Waals surface area contributed by atoms with Crippen molar-refractivity contribution in [2.45, 2.75) is 19.3 Å². The van der Waals surface area contributed by atoms with Gasteiger partial charge in [-0.05, 0) is 30.2 Å². The van der Waals surface area contributed by atoms with Crippen LogP contribution in [0.1, 0.15) is 35.2 Å². The van der Waals surface area contributed by atoms with Crippen LogP contribution in [-0.2, 0) is 0 Å².